The molecule has 0 saturated carbocycles. The van der Waals surface area contributed by atoms with Crippen molar-refractivity contribution in [3.05, 3.63) is 54.1 Å². The number of aliphatic hydroxyl groups excluding tert-OH is 1. The largest absolute Gasteiger partial charge is 0.493 e. The Bertz CT molecular complexity index is 1100. The number of hydrogen-bond donors (Lipinski definition) is 2. The van der Waals surface area contributed by atoms with E-state index < -0.39 is 23.7 Å². The van der Waals surface area contributed by atoms with Crippen LogP contribution in [0.15, 0.2) is 48.5 Å². The maximum Gasteiger partial charge on any atom is 0.255 e. The molecule has 2 aromatic carbocycles. The quantitative estimate of drug-likeness (QED) is 0.488. The number of aliphatic hydroxyl groups is 1. The van der Waals surface area contributed by atoms with Gasteiger partial charge in [0.15, 0.2) is 0 Å². The molecule has 7 nitrogen and oxygen atoms in total. The molecule has 0 unspecified atom stereocenters. The van der Waals surface area contributed by atoms with Gasteiger partial charge in [-0.2, -0.15) is 0 Å². The van der Waals surface area contributed by atoms with Gasteiger partial charge < -0.3 is 25.4 Å². The standard InChI is InChI=1S/C30H40FN3O4/c1-3-30(31,4-2)20-33-15-13-21(14-16-33)19-38-24-11-9-22(10-12-24)25-7-5-6-8-26(25)29(37)34-18-23(35)17-27(34)28(32)36/h5-12,21,23,27,35H,3-4,13-20H2,1-2H3,(H2,32,36)/t23-,27+/m1/s1. The topological polar surface area (TPSA) is 96.1 Å². The molecule has 2 fully saturated rings. The summed E-state index contributed by atoms with van der Waals surface area (Å²) in [5.74, 6) is 0.263. The summed E-state index contributed by atoms with van der Waals surface area (Å²) in [6, 6.07) is 14.1. The summed E-state index contributed by atoms with van der Waals surface area (Å²) >= 11 is 0. The summed E-state index contributed by atoms with van der Waals surface area (Å²) in [5, 5.41) is 10.0. The Morgan fingerprint density at radius 3 is 2.37 bits per heavy atom. The van der Waals surface area contributed by atoms with Gasteiger partial charge in [0.05, 0.1) is 12.7 Å². The van der Waals surface area contributed by atoms with Gasteiger partial charge in [-0.1, -0.05) is 44.2 Å². The van der Waals surface area contributed by atoms with Crippen molar-refractivity contribution >= 4 is 11.8 Å². The lowest BCUT2D eigenvalue weighted by Crippen LogP contribution is -2.44. The van der Waals surface area contributed by atoms with Crippen molar-refractivity contribution in [2.75, 3.05) is 32.8 Å². The predicted octanol–water partition coefficient (Wildman–Crippen LogP) is 4.03. The molecule has 2 atom stereocenters. The lowest BCUT2D eigenvalue weighted by atomic mass is 9.94. The molecule has 0 aliphatic carbocycles. The second kappa shape index (κ2) is 12.3. The van der Waals surface area contributed by atoms with E-state index in [4.69, 9.17) is 10.5 Å². The number of alkyl halides is 1. The molecule has 2 heterocycles. The van der Waals surface area contributed by atoms with Gasteiger partial charge in [0, 0.05) is 25.1 Å². The number of likely N-dealkylation sites (tertiary alicyclic amines) is 2. The molecule has 2 aliphatic heterocycles. The predicted molar refractivity (Wildman–Crippen MR) is 146 cm³/mol. The number of halogens is 1. The van der Waals surface area contributed by atoms with E-state index in [1.54, 1.807) is 12.1 Å². The van der Waals surface area contributed by atoms with E-state index in [1.165, 1.54) is 4.90 Å². The minimum absolute atomic E-state index is 0.0817. The fourth-order valence-electron chi connectivity index (χ4n) is 5.51. The lowest BCUT2D eigenvalue weighted by Gasteiger charge is -2.36. The number of β-amino-alcohol motifs (C(OH)–C–C–N with tert-alkyl or cyclic N) is 1. The van der Waals surface area contributed by atoms with E-state index in [2.05, 4.69) is 4.90 Å². The Balaban J connectivity index is 1.35. The molecule has 2 aromatic rings. The number of ether oxygens (including phenoxy) is 1. The van der Waals surface area contributed by atoms with Crippen LogP contribution in [0.4, 0.5) is 4.39 Å². The van der Waals surface area contributed by atoms with Crippen LogP contribution >= 0.6 is 0 Å². The van der Waals surface area contributed by atoms with Crippen LogP contribution in [0.3, 0.4) is 0 Å². The minimum atomic E-state index is -1.09. The highest BCUT2D eigenvalue weighted by Gasteiger charge is 2.38. The van der Waals surface area contributed by atoms with Crippen LogP contribution in [-0.4, -0.2) is 77.3 Å². The van der Waals surface area contributed by atoms with Crippen LogP contribution in [0.5, 0.6) is 5.75 Å². The van der Waals surface area contributed by atoms with Gasteiger partial charge in [0.25, 0.3) is 5.91 Å². The fraction of sp³-hybridized carbons (Fsp3) is 0.533. The highest BCUT2D eigenvalue weighted by Crippen LogP contribution is 2.30. The van der Waals surface area contributed by atoms with E-state index >= 15 is 0 Å². The Morgan fingerprint density at radius 1 is 1.08 bits per heavy atom. The number of piperidine rings is 1. The van der Waals surface area contributed by atoms with Crippen molar-refractivity contribution in [1.29, 1.82) is 0 Å². The van der Waals surface area contributed by atoms with Gasteiger partial charge >= 0.3 is 0 Å². The van der Waals surface area contributed by atoms with E-state index in [9.17, 15) is 19.1 Å². The number of primary amides is 1. The van der Waals surface area contributed by atoms with Crippen molar-refractivity contribution in [2.45, 2.75) is 63.8 Å². The van der Waals surface area contributed by atoms with Crippen LogP contribution in [0.1, 0.15) is 56.3 Å². The lowest BCUT2D eigenvalue weighted by molar-refractivity contribution is -0.121. The first kappa shape index (κ1) is 28.0. The smallest absolute Gasteiger partial charge is 0.255 e. The number of amides is 2. The Morgan fingerprint density at radius 2 is 1.74 bits per heavy atom. The molecule has 0 bridgehead atoms. The zero-order chi connectivity index (χ0) is 27.3. The van der Waals surface area contributed by atoms with Crippen molar-refractivity contribution in [2.24, 2.45) is 11.7 Å². The average molecular weight is 526 g/mol. The maximum atomic E-state index is 14.8. The summed E-state index contributed by atoms with van der Waals surface area (Å²) in [7, 11) is 0. The molecule has 0 radical (unpaired) electrons. The highest BCUT2D eigenvalue weighted by atomic mass is 19.1. The Kier molecular flexibility index (Phi) is 9.05. The van der Waals surface area contributed by atoms with Gasteiger partial charge in [-0.15, -0.1) is 0 Å². The summed E-state index contributed by atoms with van der Waals surface area (Å²) < 4.78 is 20.8. The summed E-state index contributed by atoms with van der Waals surface area (Å²) in [5.41, 5.74) is 6.44. The molecular weight excluding hydrogens is 485 g/mol. The van der Waals surface area contributed by atoms with E-state index in [-0.39, 0.29) is 18.9 Å². The van der Waals surface area contributed by atoms with Crippen molar-refractivity contribution < 1.29 is 23.8 Å². The third-order valence-electron chi connectivity index (χ3n) is 8.16. The number of nitrogens with two attached hydrogens (primary N) is 1. The number of benzene rings is 2. The third-order valence-corrected chi connectivity index (χ3v) is 8.16. The van der Waals surface area contributed by atoms with Gasteiger partial charge in [-0.3, -0.25) is 9.59 Å². The molecule has 0 aromatic heterocycles. The number of rotatable bonds is 10. The first-order valence-electron chi connectivity index (χ1n) is 13.7. The molecule has 2 aliphatic rings. The molecule has 4 rings (SSSR count). The van der Waals surface area contributed by atoms with Gasteiger partial charge in [0.1, 0.15) is 17.5 Å². The number of carbonyl (C=O) groups excluding carboxylic acids is 2. The molecule has 0 spiro atoms. The second-order valence-corrected chi connectivity index (χ2v) is 10.7. The zero-order valence-corrected chi connectivity index (χ0v) is 22.4. The van der Waals surface area contributed by atoms with Gasteiger partial charge in [-0.05, 0) is 74.0 Å². The molecule has 8 heteroatoms. The number of carbonyl (C=O) groups is 2. The fourth-order valence-corrected chi connectivity index (χ4v) is 5.51. The first-order valence-corrected chi connectivity index (χ1v) is 13.7. The number of hydrogen-bond acceptors (Lipinski definition) is 5. The Labute approximate surface area is 224 Å². The summed E-state index contributed by atoms with van der Waals surface area (Å²) in [4.78, 5) is 28.8. The molecule has 2 saturated heterocycles. The third kappa shape index (κ3) is 6.53. The zero-order valence-electron chi connectivity index (χ0n) is 22.4. The summed E-state index contributed by atoms with van der Waals surface area (Å²) in [6.45, 7) is 6.85. The SMILES string of the molecule is CCC(F)(CC)CN1CCC(COc2ccc(-c3ccccc3C(=O)N3C[C@H](O)C[C@H]3C(N)=O)cc2)CC1. The normalized spacial score (nSPS) is 21.0. The van der Waals surface area contributed by atoms with Crippen molar-refractivity contribution in [1.82, 2.24) is 9.80 Å². The van der Waals surface area contributed by atoms with Gasteiger partial charge in [0.2, 0.25) is 5.91 Å². The van der Waals surface area contributed by atoms with Gasteiger partial charge in [-0.25, -0.2) is 4.39 Å². The van der Waals surface area contributed by atoms with Crippen LogP contribution in [0, 0.1) is 5.92 Å². The molecule has 206 valence electrons. The average Bonchev–Trinajstić information content (AvgIpc) is 3.34. The minimum Gasteiger partial charge on any atom is -0.493 e. The molecular formula is C30H40FN3O4. The van der Waals surface area contributed by atoms with E-state index in [1.807, 2.05) is 50.2 Å². The van der Waals surface area contributed by atoms with Crippen LogP contribution < -0.4 is 10.5 Å². The molecule has 3 N–H and O–H groups in total. The molecule has 38 heavy (non-hydrogen) atoms. The maximum absolute atomic E-state index is 14.8. The number of nitrogens with zero attached hydrogens (tertiary/aromatic N) is 2. The van der Waals surface area contributed by atoms with Crippen LogP contribution in [0.25, 0.3) is 11.1 Å². The van der Waals surface area contributed by atoms with Crippen molar-refractivity contribution in [3.63, 3.8) is 0 Å². The van der Waals surface area contributed by atoms with E-state index in [0.717, 1.165) is 42.8 Å². The van der Waals surface area contributed by atoms with Crippen LogP contribution in [-0.2, 0) is 4.79 Å². The first-order chi connectivity index (χ1) is 18.2. The Hall–Kier alpha value is -2.97. The van der Waals surface area contributed by atoms with Crippen LogP contribution in [0.2, 0.25) is 0 Å². The summed E-state index contributed by atoms with van der Waals surface area (Å²) in [6.07, 6.45) is 2.48. The van der Waals surface area contributed by atoms with E-state index in [0.29, 0.717) is 37.5 Å². The highest BCUT2D eigenvalue weighted by molar-refractivity contribution is 6.03. The monoisotopic (exact) mass is 525 g/mol. The van der Waals surface area contributed by atoms with Crippen molar-refractivity contribution in [3.8, 4) is 16.9 Å². The second-order valence-electron chi connectivity index (χ2n) is 10.7. The molecule has 2 amide bonds.